The number of fused-ring (bicyclic) bond motifs is 1. The highest BCUT2D eigenvalue weighted by Gasteiger charge is 2.37. The van der Waals surface area contributed by atoms with E-state index in [2.05, 4.69) is 8.75 Å². The van der Waals surface area contributed by atoms with Gasteiger partial charge in [0.15, 0.2) is 0 Å². The molecule has 1 atom stereocenters. The molecule has 1 saturated heterocycles. The second-order valence-electron chi connectivity index (χ2n) is 5.71. The van der Waals surface area contributed by atoms with Crippen molar-refractivity contribution >= 4 is 44.4 Å². The van der Waals surface area contributed by atoms with Gasteiger partial charge in [0, 0.05) is 11.6 Å². The molecule has 0 spiro atoms. The molecular weight excluding hydrogens is 366 g/mol. The average molecular weight is 380 g/mol. The molecule has 4 rings (SSSR count). The fraction of sp³-hybridized carbons (Fsp3) is 0.250. The number of nitrogens with zero attached hydrogens (tertiary/aromatic N) is 3. The molecule has 0 aliphatic carbocycles. The van der Waals surface area contributed by atoms with E-state index in [-0.39, 0.29) is 10.9 Å². The molecule has 0 amide bonds. The van der Waals surface area contributed by atoms with Crippen LogP contribution >= 0.6 is 23.3 Å². The molecule has 0 bridgehead atoms. The highest BCUT2D eigenvalue weighted by Crippen LogP contribution is 2.38. The molecule has 0 radical (unpaired) electrons. The Labute approximate surface area is 149 Å². The maximum absolute atomic E-state index is 13.2. The summed E-state index contributed by atoms with van der Waals surface area (Å²) in [6.45, 7) is 0.504. The van der Waals surface area contributed by atoms with E-state index in [1.807, 2.05) is 12.1 Å². The Kier molecular flexibility index (Phi) is 4.04. The Bertz CT molecular complexity index is 986. The van der Waals surface area contributed by atoms with Crippen molar-refractivity contribution in [3.63, 3.8) is 0 Å². The average Bonchev–Trinajstić information content (AvgIpc) is 3.24. The third-order valence-corrected chi connectivity index (χ3v) is 7.03. The highest BCUT2D eigenvalue weighted by atomic mass is 35.5. The van der Waals surface area contributed by atoms with Crippen LogP contribution in [0.1, 0.15) is 24.4 Å². The van der Waals surface area contributed by atoms with Gasteiger partial charge in [-0.15, -0.1) is 0 Å². The van der Waals surface area contributed by atoms with Gasteiger partial charge < -0.3 is 0 Å². The van der Waals surface area contributed by atoms with Crippen LogP contribution in [0.3, 0.4) is 0 Å². The molecule has 1 fully saturated rings. The van der Waals surface area contributed by atoms with Crippen LogP contribution in [0.15, 0.2) is 47.4 Å². The third-order valence-electron chi connectivity index (χ3n) is 4.29. The monoisotopic (exact) mass is 379 g/mol. The van der Waals surface area contributed by atoms with E-state index in [4.69, 9.17) is 11.6 Å². The number of aromatic nitrogens is 2. The van der Waals surface area contributed by atoms with Gasteiger partial charge in [0.2, 0.25) is 10.0 Å². The van der Waals surface area contributed by atoms with E-state index in [1.54, 1.807) is 34.6 Å². The minimum atomic E-state index is -3.64. The minimum Gasteiger partial charge on any atom is -0.207 e. The van der Waals surface area contributed by atoms with E-state index in [1.165, 1.54) is 0 Å². The van der Waals surface area contributed by atoms with Crippen LogP contribution in [0.2, 0.25) is 5.02 Å². The van der Waals surface area contributed by atoms with Crippen LogP contribution in [0.4, 0.5) is 0 Å². The maximum atomic E-state index is 13.2. The zero-order chi connectivity index (χ0) is 16.7. The topological polar surface area (TPSA) is 63.2 Å². The van der Waals surface area contributed by atoms with Crippen molar-refractivity contribution in [3.05, 3.63) is 53.1 Å². The van der Waals surface area contributed by atoms with Crippen LogP contribution in [-0.4, -0.2) is 28.0 Å². The number of hydrogen-bond donors (Lipinski definition) is 0. The molecule has 24 heavy (non-hydrogen) atoms. The molecule has 1 aliphatic heterocycles. The van der Waals surface area contributed by atoms with Gasteiger partial charge in [0.1, 0.15) is 15.9 Å². The molecular formula is C16H14ClN3O2S2. The van der Waals surface area contributed by atoms with E-state index < -0.39 is 10.0 Å². The van der Waals surface area contributed by atoms with Crippen molar-refractivity contribution in [2.24, 2.45) is 0 Å². The summed E-state index contributed by atoms with van der Waals surface area (Å²) >= 11 is 6.97. The molecule has 1 unspecified atom stereocenters. The fourth-order valence-electron chi connectivity index (χ4n) is 3.16. The Morgan fingerprint density at radius 3 is 2.71 bits per heavy atom. The Balaban J connectivity index is 1.78. The first-order valence-corrected chi connectivity index (χ1v) is 10.1. The summed E-state index contributed by atoms with van der Waals surface area (Å²) in [6, 6.07) is 12.3. The smallest absolute Gasteiger partial charge is 0.207 e. The maximum Gasteiger partial charge on any atom is 0.245 e. The Morgan fingerprint density at radius 1 is 1.12 bits per heavy atom. The normalized spacial score (nSPS) is 19.1. The van der Waals surface area contributed by atoms with Crippen LogP contribution < -0.4 is 0 Å². The number of rotatable bonds is 3. The lowest BCUT2D eigenvalue weighted by atomic mass is 10.1. The van der Waals surface area contributed by atoms with Crippen molar-refractivity contribution in [1.29, 1.82) is 0 Å². The Morgan fingerprint density at radius 2 is 1.92 bits per heavy atom. The number of benzene rings is 2. The molecule has 8 heteroatoms. The molecule has 1 aromatic heterocycles. The largest absolute Gasteiger partial charge is 0.245 e. The van der Waals surface area contributed by atoms with Crippen molar-refractivity contribution in [3.8, 4) is 0 Å². The predicted molar refractivity (Wildman–Crippen MR) is 94.7 cm³/mol. The van der Waals surface area contributed by atoms with Gasteiger partial charge in [-0.05, 0) is 42.7 Å². The molecule has 0 N–H and O–H groups in total. The predicted octanol–water partition coefficient (Wildman–Crippen LogP) is 3.87. The van der Waals surface area contributed by atoms with Crippen LogP contribution in [0.5, 0.6) is 0 Å². The van der Waals surface area contributed by atoms with Gasteiger partial charge in [0.05, 0.1) is 17.8 Å². The summed E-state index contributed by atoms with van der Waals surface area (Å²) in [5.41, 5.74) is 2.02. The molecule has 2 aromatic carbocycles. The lowest BCUT2D eigenvalue weighted by Gasteiger charge is -2.24. The third kappa shape index (κ3) is 2.61. The summed E-state index contributed by atoms with van der Waals surface area (Å²) in [7, 11) is -3.64. The zero-order valence-corrected chi connectivity index (χ0v) is 15.0. The van der Waals surface area contributed by atoms with Crippen molar-refractivity contribution in [2.45, 2.75) is 23.8 Å². The lowest BCUT2D eigenvalue weighted by Crippen LogP contribution is -2.30. The first-order chi connectivity index (χ1) is 11.6. The molecule has 2 heterocycles. The summed E-state index contributed by atoms with van der Waals surface area (Å²) in [5, 5.41) is 0.643. The van der Waals surface area contributed by atoms with E-state index in [9.17, 15) is 8.42 Å². The van der Waals surface area contributed by atoms with Crippen LogP contribution in [0, 0.1) is 0 Å². The van der Waals surface area contributed by atoms with Gasteiger partial charge >= 0.3 is 0 Å². The van der Waals surface area contributed by atoms with E-state index in [0.29, 0.717) is 22.6 Å². The molecule has 5 nitrogen and oxygen atoms in total. The fourth-order valence-corrected chi connectivity index (χ4v) is 5.72. The number of halogens is 1. The molecule has 124 valence electrons. The standard InChI is InChI=1S/C16H14ClN3O2S2/c17-12-8-6-11(7-9-12)14-4-2-10-20(14)24(21,22)15-5-1-3-13-16(15)19-23-18-13/h1,3,5-9,14H,2,4,10H2. The first-order valence-electron chi connectivity index (χ1n) is 7.56. The highest BCUT2D eigenvalue weighted by molar-refractivity contribution is 7.89. The summed E-state index contributed by atoms with van der Waals surface area (Å²) < 4.78 is 36.4. The van der Waals surface area contributed by atoms with Gasteiger partial charge in [0.25, 0.3) is 0 Å². The summed E-state index contributed by atoms with van der Waals surface area (Å²) in [5.74, 6) is 0. The summed E-state index contributed by atoms with van der Waals surface area (Å²) in [6.07, 6.45) is 1.63. The van der Waals surface area contributed by atoms with Crippen molar-refractivity contribution < 1.29 is 8.42 Å². The number of hydrogen-bond acceptors (Lipinski definition) is 5. The van der Waals surface area contributed by atoms with Crippen LogP contribution in [-0.2, 0) is 10.0 Å². The van der Waals surface area contributed by atoms with Gasteiger partial charge in [-0.1, -0.05) is 29.8 Å². The zero-order valence-electron chi connectivity index (χ0n) is 12.6. The van der Waals surface area contributed by atoms with Gasteiger partial charge in [-0.25, -0.2) is 8.42 Å². The molecule has 3 aromatic rings. The van der Waals surface area contributed by atoms with E-state index >= 15 is 0 Å². The SMILES string of the molecule is O=S(=O)(c1cccc2nsnc12)N1CCCC1c1ccc(Cl)cc1. The van der Waals surface area contributed by atoms with Crippen LogP contribution in [0.25, 0.3) is 11.0 Å². The second-order valence-corrected chi connectivity index (χ2v) is 8.54. The van der Waals surface area contributed by atoms with Crippen molar-refractivity contribution in [1.82, 2.24) is 13.1 Å². The lowest BCUT2D eigenvalue weighted by molar-refractivity contribution is 0.397. The number of sulfonamides is 1. The van der Waals surface area contributed by atoms with Crippen molar-refractivity contribution in [2.75, 3.05) is 6.54 Å². The van der Waals surface area contributed by atoms with Gasteiger partial charge in [-0.2, -0.15) is 13.1 Å². The quantitative estimate of drug-likeness (QED) is 0.693. The molecule has 0 saturated carbocycles. The Hall–Kier alpha value is -1.54. The second kappa shape index (κ2) is 6.07. The molecule has 1 aliphatic rings. The first kappa shape index (κ1) is 16.0. The van der Waals surface area contributed by atoms with E-state index in [0.717, 1.165) is 30.1 Å². The minimum absolute atomic E-state index is 0.172. The summed E-state index contributed by atoms with van der Waals surface area (Å²) in [4.78, 5) is 0.231. The van der Waals surface area contributed by atoms with Gasteiger partial charge in [-0.3, -0.25) is 0 Å².